The summed E-state index contributed by atoms with van der Waals surface area (Å²) in [7, 11) is 0. The van der Waals surface area contributed by atoms with Crippen molar-refractivity contribution in [2.24, 2.45) is 0 Å². The number of alkyl halides is 3. The Labute approximate surface area is 130 Å². The maximum absolute atomic E-state index is 12.6. The summed E-state index contributed by atoms with van der Waals surface area (Å²) < 4.78 is 39.2. The zero-order valence-electron chi connectivity index (χ0n) is 9.84. The van der Waals surface area contributed by atoms with Crippen LogP contribution in [0.3, 0.4) is 0 Å². The lowest BCUT2D eigenvalue weighted by Crippen LogP contribution is -2.08. The average molecular weight is 408 g/mol. The minimum absolute atomic E-state index is 0.00127. The molecule has 0 aliphatic heterocycles. The molecule has 0 aliphatic carbocycles. The van der Waals surface area contributed by atoms with E-state index >= 15 is 0 Å². The van der Waals surface area contributed by atoms with Crippen LogP contribution in [-0.2, 0) is 6.18 Å². The third-order valence-corrected chi connectivity index (χ3v) is 3.81. The SMILES string of the molecule is O=C(c1cccc(C(F)(F)F)c1)c1cc(Br)ccc1Br. The minimum Gasteiger partial charge on any atom is -0.289 e. The Morgan fingerprint density at radius 1 is 1.00 bits per heavy atom. The lowest BCUT2D eigenvalue weighted by atomic mass is 10.0. The molecule has 0 fully saturated rings. The zero-order chi connectivity index (χ0) is 14.9. The van der Waals surface area contributed by atoms with Gasteiger partial charge >= 0.3 is 6.18 Å². The Morgan fingerprint density at radius 3 is 2.35 bits per heavy atom. The second-order valence-electron chi connectivity index (χ2n) is 4.03. The maximum Gasteiger partial charge on any atom is 0.416 e. The molecule has 0 atom stereocenters. The predicted molar refractivity (Wildman–Crippen MR) is 76.7 cm³/mol. The van der Waals surface area contributed by atoms with Crippen molar-refractivity contribution in [3.63, 3.8) is 0 Å². The van der Waals surface area contributed by atoms with Crippen LogP contribution in [0.5, 0.6) is 0 Å². The summed E-state index contributed by atoms with van der Waals surface area (Å²) in [6, 6.07) is 9.33. The Kier molecular flexibility index (Phi) is 4.34. The van der Waals surface area contributed by atoms with Crippen molar-refractivity contribution in [1.29, 1.82) is 0 Å². The van der Waals surface area contributed by atoms with Gasteiger partial charge in [0.1, 0.15) is 0 Å². The van der Waals surface area contributed by atoms with E-state index in [1.54, 1.807) is 18.2 Å². The van der Waals surface area contributed by atoms with Crippen LogP contribution < -0.4 is 0 Å². The summed E-state index contributed by atoms with van der Waals surface area (Å²) >= 11 is 6.45. The topological polar surface area (TPSA) is 17.1 Å². The molecular formula is C14H7Br2F3O. The monoisotopic (exact) mass is 406 g/mol. The molecule has 6 heteroatoms. The largest absolute Gasteiger partial charge is 0.416 e. The van der Waals surface area contributed by atoms with Gasteiger partial charge in [0.25, 0.3) is 0 Å². The summed E-state index contributed by atoms with van der Waals surface area (Å²) in [5.41, 5.74) is -0.535. The third kappa shape index (κ3) is 3.30. The van der Waals surface area contributed by atoms with Gasteiger partial charge in [-0.1, -0.05) is 44.0 Å². The van der Waals surface area contributed by atoms with E-state index in [0.717, 1.165) is 12.1 Å². The molecule has 0 N–H and O–H groups in total. The molecular weight excluding hydrogens is 401 g/mol. The molecule has 20 heavy (non-hydrogen) atoms. The maximum atomic E-state index is 12.6. The second kappa shape index (κ2) is 5.69. The number of carbonyl (C=O) groups is 1. The van der Waals surface area contributed by atoms with Gasteiger partial charge in [-0.15, -0.1) is 0 Å². The van der Waals surface area contributed by atoms with Crippen LogP contribution in [0.15, 0.2) is 51.4 Å². The van der Waals surface area contributed by atoms with Crippen LogP contribution in [0.1, 0.15) is 21.5 Å². The molecule has 0 aromatic heterocycles. The van der Waals surface area contributed by atoms with Crippen molar-refractivity contribution < 1.29 is 18.0 Å². The van der Waals surface area contributed by atoms with E-state index in [0.29, 0.717) is 14.5 Å². The van der Waals surface area contributed by atoms with Crippen LogP contribution in [0.4, 0.5) is 13.2 Å². The molecule has 0 spiro atoms. The van der Waals surface area contributed by atoms with E-state index in [4.69, 9.17) is 0 Å². The summed E-state index contributed by atoms with van der Waals surface area (Å²) in [5.74, 6) is -0.468. The summed E-state index contributed by atoms with van der Waals surface area (Å²) in [6.07, 6.45) is -4.47. The Balaban J connectivity index is 2.46. The van der Waals surface area contributed by atoms with Crippen molar-refractivity contribution in [2.75, 3.05) is 0 Å². The molecule has 0 radical (unpaired) electrons. The van der Waals surface area contributed by atoms with E-state index in [1.807, 2.05) is 0 Å². The van der Waals surface area contributed by atoms with E-state index in [-0.39, 0.29) is 5.56 Å². The van der Waals surface area contributed by atoms with Crippen LogP contribution in [-0.4, -0.2) is 5.78 Å². The third-order valence-electron chi connectivity index (χ3n) is 2.63. The predicted octanol–water partition coefficient (Wildman–Crippen LogP) is 5.46. The Hall–Kier alpha value is -1.14. The van der Waals surface area contributed by atoms with Crippen molar-refractivity contribution in [1.82, 2.24) is 0 Å². The van der Waals surface area contributed by atoms with E-state index in [2.05, 4.69) is 31.9 Å². The number of benzene rings is 2. The molecule has 2 rings (SSSR count). The fourth-order valence-electron chi connectivity index (χ4n) is 1.66. The highest BCUT2D eigenvalue weighted by atomic mass is 79.9. The van der Waals surface area contributed by atoms with Gasteiger partial charge in [0.2, 0.25) is 0 Å². The first-order valence-electron chi connectivity index (χ1n) is 5.46. The number of hydrogen-bond donors (Lipinski definition) is 0. The molecule has 0 heterocycles. The van der Waals surface area contributed by atoms with Gasteiger partial charge in [0.15, 0.2) is 5.78 Å². The van der Waals surface area contributed by atoms with E-state index < -0.39 is 17.5 Å². The number of halogens is 5. The molecule has 0 amide bonds. The highest BCUT2D eigenvalue weighted by Gasteiger charge is 2.31. The highest BCUT2D eigenvalue weighted by molar-refractivity contribution is 9.11. The molecule has 1 nitrogen and oxygen atoms in total. The molecule has 0 saturated heterocycles. The van der Waals surface area contributed by atoms with Crippen molar-refractivity contribution >= 4 is 37.6 Å². The van der Waals surface area contributed by atoms with Gasteiger partial charge in [-0.05, 0) is 30.3 Å². The first-order chi connectivity index (χ1) is 9.29. The Morgan fingerprint density at radius 2 is 1.70 bits per heavy atom. The number of hydrogen-bond acceptors (Lipinski definition) is 1. The van der Waals surface area contributed by atoms with Crippen LogP contribution >= 0.6 is 31.9 Å². The van der Waals surface area contributed by atoms with Crippen LogP contribution in [0.2, 0.25) is 0 Å². The van der Waals surface area contributed by atoms with Gasteiger partial charge in [0, 0.05) is 20.1 Å². The quantitative estimate of drug-likeness (QED) is 0.604. The smallest absolute Gasteiger partial charge is 0.289 e. The van der Waals surface area contributed by atoms with Gasteiger partial charge in [-0.2, -0.15) is 13.2 Å². The fraction of sp³-hybridized carbons (Fsp3) is 0.0714. The van der Waals surface area contributed by atoms with Crippen LogP contribution in [0, 0.1) is 0 Å². The van der Waals surface area contributed by atoms with Gasteiger partial charge < -0.3 is 0 Å². The molecule has 2 aromatic carbocycles. The van der Waals surface area contributed by atoms with Crippen molar-refractivity contribution in [3.8, 4) is 0 Å². The Bertz CT molecular complexity index is 666. The first-order valence-corrected chi connectivity index (χ1v) is 7.04. The normalized spacial score (nSPS) is 11.4. The van der Waals surface area contributed by atoms with Gasteiger partial charge in [0.05, 0.1) is 5.56 Å². The average Bonchev–Trinajstić information content (AvgIpc) is 2.40. The lowest BCUT2D eigenvalue weighted by Gasteiger charge is -2.09. The lowest BCUT2D eigenvalue weighted by molar-refractivity contribution is -0.137. The molecule has 0 saturated carbocycles. The molecule has 104 valence electrons. The highest BCUT2D eigenvalue weighted by Crippen LogP contribution is 2.31. The zero-order valence-corrected chi connectivity index (χ0v) is 13.0. The summed E-state index contributed by atoms with van der Waals surface area (Å²) in [4.78, 5) is 12.3. The van der Waals surface area contributed by atoms with Gasteiger partial charge in [-0.3, -0.25) is 4.79 Å². The second-order valence-corrected chi connectivity index (χ2v) is 5.80. The molecule has 2 aromatic rings. The van der Waals surface area contributed by atoms with E-state index in [9.17, 15) is 18.0 Å². The number of carbonyl (C=O) groups excluding carboxylic acids is 1. The molecule has 0 unspecified atom stereocenters. The van der Waals surface area contributed by atoms with Gasteiger partial charge in [-0.25, -0.2) is 0 Å². The fourth-order valence-corrected chi connectivity index (χ4v) is 2.45. The number of ketones is 1. The minimum atomic E-state index is -4.47. The van der Waals surface area contributed by atoms with Crippen molar-refractivity contribution in [2.45, 2.75) is 6.18 Å². The van der Waals surface area contributed by atoms with Crippen molar-refractivity contribution in [3.05, 3.63) is 68.1 Å². The number of rotatable bonds is 2. The van der Waals surface area contributed by atoms with Crippen LogP contribution in [0.25, 0.3) is 0 Å². The van der Waals surface area contributed by atoms with E-state index in [1.165, 1.54) is 12.1 Å². The molecule has 0 aliphatic rings. The summed E-state index contributed by atoms with van der Waals surface area (Å²) in [5, 5.41) is 0. The first kappa shape index (κ1) is 15.3. The molecule has 0 bridgehead atoms. The standard InChI is InChI=1S/C14H7Br2F3O/c15-10-4-5-12(16)11(7-10)13(20)8-2-1-3-9(6-8)14(17,18)19/h1-7H. The summed E-state index contributed by atoms with van der Waals surface area (Å²) in [6.45, 7) is 0.